The van der Waals surface area contributed by atoms with Crippen LogP contribution in [0.5, 0.6) is 0 Å². The van der Waals surface area contributed by atoms with Gasteiger partial charge < -0.3 is 5.32 Å². The second kappa shape index (κ2) is 6.37. The Kier molecular flexibility index (Phi) is 5.10. The minimum Gasteiger partial charge on any atom is -0.362 e. The van der Waals surface area contributed by atoms with E-state index in [1.54, 1.807) is 0 Å². The molecule has 17 heavy (non-hydrogen) atoms. The summed E-state index contributed by atoms with van der Waals surface area (Å²) in [6.45, 7) is 4.53. The van der Waals surface area contributed by atoms with Crippen LogP contribution in [0, 0.1) is 5.92 Å². The molecule has 1 N–H and O–H groups in total. The summed E-state index contributed by atoms with van der Waals surface area (Å²) in [5.74, 6) is 1.84. The van der Waals surface area contributed by atoms with Gasteiger partial charge in [-0.3, -0.25) is 4.99 Å². The number of hydrogen-bond acceptors (Lipinski definition) is 4. The van der Waals surface area contributed by atoms with Gasteiger partial charge in [-0.1, -0.05) is 32.0 Å². The molecule has 0 aromatic heterocycles. The Bertz CT molecular complexity index is 279. The van der Waals surface area contributed by atoms with Crippen LogP contribution in [0.2, 0.25) is 0 Å². The highest BCUT2D eigenvalue weighted by atomic mass is 32.2. The second-order valence-electron chi connectivity index (χ2n) is 5.42. The highest BCUT2D eigenvalue weighted by Gasteiger charge is 2.25. The van der Waals surface area contributed by atoms with Crippen molar-refractivity contribution < 1.29 is 0 Å². The van der Waals surface area contributed by atoms with Crippen LogP contribution in [-0.4, -0.2) is 34.5 Å². The van der Waals surface area contributed by atoms with E-state index in [2.05, 4.69) is 25.4 Å². The lowest BCUT2D eigenvalue weighted by molar-refractivity contribution is 0.423. The third kappa shape index (κ3) is 3.82. The Morgan fingerprint density at radius 2 is 2.24 bits per heavy atom. The van der Waals surface area contributed by atoms with Crippen molar-refractivity contribution in [1.82, 2.24) is 5.32 Å². The standard InChI is InChI=1S/C13H24N2S2/c1-9(2)12-8-17-13(15-12)14-10-5-4-6-11(7-10)16-3/h9-12H,4-8H2,1-3H3,(H,14,15). The Morgan fingerprint density at radius 1 is 1.41 bits per heavy atom. The summed E-state index contributed by atoms with van der Waals surface area (Å²) < 4.78 is 0. The molecule has 1 heterocycles. The van der Waals surface area contributed by atoms with Crippen LogP contribution in [0.4, 0.5) is 0 Å². The van der Waals surface area contributed by atoms with E-state index in [9.17, 15) is 0 Å². The van der Waals surface area contributed by atoms with Gasteiger partial charge in [0.2, 0.25) is 0 Å². The molecule has 1 saturated carbocycles. The average molecular weight is 272 g/mol. The first-order chi connectivity index (χ1) is 8.19. The zero-order valence-electron chi connectivity index (χ0n) is 11.1. The maximum Gasteiger partial charge on any atom is 0.157 e. The van der Waals surface area contributed by atoms with Gasteiger partial charge in [-0.15, -0.1) is 0 Å². The molecular formula is C13H24N2S2. The number of amidine groups is 1. The Labute approximate surface area is 114 Å². The SMILES string of the molecule is CSC1CCCC(NC2=NC(C(C)C)CS2)C1. The second-order valence-corrected chi connectivity index (χ2v) is 7.57. The molecule has 0 radical (unpaired) electrons. The van der Waals surface area contributed by atoms with Crippen LogP contribution in [0.3, 0.4) is 0 Å². The molecule has 0 saturated heterocycles. The fraction of sp³-hybridized carbons (Fsp3) is 0.923. The molecular weight excluding hydrogens is 248 g/mol. The summed E-state index contributed by atoms with van der Waals surface area (Å²) in [4.78, 5) is 4.79. The van der Waals surface area contributed by atoms with Crippen LogP contribution < -0.4 is 5.32 Å². The lowest BCUT2D eigenvalue weighted by Gasteiger charge is -2.29. The molecule has 2 rings (SSSR count). The Balaban J connectivity index is 1.83. The molecule has 1 aliphatic carbocycles. The van der Waals surface area contributed by atoms with E-state index < -0.39 is 0 Å². The zero-order valence-corrected chi connectivity index (χ0v) is 12.7. The van der Waals surface area contributed by atoms with Crippen LogP contribution in [0.1, 0.15) is 39.5 Å². The van der Waals surface area contributed by atoms with E-state index in [4.69, 9.17) is 4.99 Å². The molecule has 1 fully saturated rings. The first-order valence-corrected chi connectivity index (χ1v) is 8.96. The molecule has 98 valence electrons. The van der Waals surface area contributed by atoms with Crippen molar-refractivity contribution in [3.05, 3.63) is 0 Å². The molecule has 2 nitrogen and oxygen atoms in total. The zero-order chi connectivity index (χ0) is 12.3. The topological polar surface area (TPSA) is 24.4 Å². The minimum absolute atomic E-state index is 0.530. The third-order valence-corrected chi connectivity index (χ3v) is 5.83. The van der Waals surface area contributed by atoms with Gasteiger partial charge in [0.15, 0.2) is 5.17 Å². The first kappa shape index (κ1) is 13.6. The molecule has 0 aromatic rings. The highest BCUT2D eigenvalue weighted by Crippen LogP contribution is 2.28. The smallest absolute Gasteiger partial charge is 0.157 e. The summed E-state index contributed by atoms with van der Waals surface area (Å²) in [7, 11) is 0. The monoisotopic (exact) mass is 272 g/mol. The van der Waals surface area contributed by atoms with Gasteiger partial charge in [0.05, 0.1) is 6.04 Å². The predicted octanol–water partition coefficient (Wildman–Crippen LogP) is 3.38. The van der Waals surface area contributed by atoms with Crippen molar-refractivity contribution in [2.75, 3.05) is 12.0 Å². The van der Waals surface area contributed by atoms with E-state index in [0.29, 0.717) is 18.0 Å². The summed E-state index contributed by atoms with van der Waals surface area (Å²) in [5.41, 5.74) is 0. The molecule has 3 atom stereocenters. The van der Waals surface area contributed by atoms with Gasteiger partial charge >= 0.3 is 0 Å². The molecule has 0 bridgehead atoms. The van der Waals surface area contributed by atoms with E-state index in [1.165, 1.54) is 36.6 Å². The van der Waals surface area contributed by atoms with Crippen LogP contribution in [-0.2, 0) is 0 Å². The number of rotatable bonds is 3. The highest BCUT2D eigenvalue weighted by molar-refractivity contribution is 8.14. The van der Waals surface area contributed by atoms with Crippen molar-refractivity contribution in [3.8, 4) is 0 Å². The molecule has 2 aliphatic rings. The van der Waals surface area contributed by atoms with Crippen molar-refractivity contribution in [2.45, 2.75) is 56.9 Å². The van der Waals surface area contributed by atoms with Gasteiger partial charge in [-0.25, -0.2) is 0 Å². The quantitative estimate of drug-likeness (QED) is 0.852. The van der Waals surface area contributed by atoms with Gasteiger partial charge in [0.1, 0.15) is 0 Å². The fourth-order valence-electron chi connectivity index (χ4n) is 2.47. The molecule has 1 aliphatic heterocycles. The lowest BCUT2D eigenvalue weighted by atomic mass is 9.95. The summed E-state index contributed by atoms with van der Waals surface area (Å²) in [6, 6.07) is 1.20. The van der Waals surface area contributed by atoms with E-state index in [-0.39, 0.29) is 0 Å². The maximum absolute atomic E-state index is 4.79. The first-order valence-electron chi connectivity index (χ1n) is 6.69. The van der Waals surface area contributed by atoms with Crippen molar-refractivity contribution in [1.29, 1.82) is 0 Å². The van der Waals surface area contributed by atoms with Crippen LogP contribution in [0.15, 0.2) is 4.99 Å². The molecule has 3 unspecified atom stereocenters. The predicted molar refractivity (Wildman–Crippen MR) is 81.2 cm³/mol. The lowest BCUT2D eigenvalue weighted by Crippen LogP contribution is -2.37. The minimum atomic E-state index is 0.530. The van der Waals surface area contributed by atoms with Crippen LogP contribution >= 0.6 is 23.5 Å². The van der Waals surface area contributed by atoms with Gasteiger partial charge in [-0.2, -0.15) is 11.8 Å². The number of hydrogen-bond donors (Lipinski definition) is 1. The number of thioether (sulfide) groups is 2. The van der Waals surface area contributed by atoms with Crippen molar-refractivity contribution in [3.63, 3.8) is 0 Å². The number of nitrogens with zero attached hydrogens (tertiary/aromatic N) is 1. The average Bonchev–Trinajstić information content (AvgIpc) is 2.78. The Morgan fingerprint density at radius 3 is 2.88 bits per heavy atom. The Hall–Kier alpha value is 0.170. The number of aliphatic imine (C=N–C) groups is 1. The van der Waals surface area contributed by atoms with Crippen molar-refractivity contribution >= 4 is 28.7 Å². The summed E-state index contributed by atoms with van der Waals surface area (Å²) in [5, 5.41) is 5.73. The summed E-state index contributed by atoms with van der Waals surface area (Å²) in [6.07, 6.45) is 7.64. The molecule has 0 aromatic carbocycles. The van der Waals surface area contributed by atoms with E-state index in [0.717, 1.165) is 5.25 Å². The van der Waals surface area contributed by atoms with E-state index >= 15 is 0 Å². The normalized spacial score (nSPS) is 33.9. The molecule has 4 heteroatoms. The van der Waals surface area contributed by atoms with Crippen molar-refractivity contribution in [2.24, 2.45) is 10.9 Å². The van der Waals surface area contributed by atoms with Crippen LogP contribution in [0.25, 0.3) is 0 Å². The molecule has 0 spiro atoms. The largest absolute Gasteiger partial charge is 0.362 e. The third-order valence-electron chi connectivity index (χ3n) is 3.73. The molecule has 0 amide bonds. The fourth-order valence-corrected chi connectivity index (χ4v) is 4.55. The van der Waals surface area contributed by atoms with Gasteiger partial charge in [0, 0.05) is 17.0 Å². The van der Waals surface area contributed by atoms with Gasteiger partial charge in [0.25, 0.3) is 0 Å². The van der Waals surface area contributed by atoms with Gasteiger partial charge in [-0.05, 0) is 31.4 Å². The number of nitrogens with one attached hydrogen (secondary N) is 1. The maximum atomic E-state index is 4.79. The van der Waals surface area contributed by atoms with E-state index in [1.807, 2.05) is 23.5 Å². The summed E-state index contributed by atoms with van der Waals surface area (Å²) >= 11 is 3.94.